The number of carbonyl (C=O) groups excluding carboxylic acids is 2. The predicted molar refractivity (Wildman–Crippen MR) is 79.7 cm³/mol. The monoisotopic (exact) mass is 286 g/mol. The van der Waals surface area contributed by atoms with Crippen LogP contribution in [0.1, 0.15) is 35.2 Å². The molecule has 6 heteroatoms. The number of imidazole rings is 1. The SMILES string of the molecule is NC(=O)c1ccccc1CCCCC(=O)Nc1ncc[nH]1. The molecule has 0 atom stereocenters. The van der Waals surface area contributed by atoms with Crippen molar-refractivity contribution >= 4 is 17.8 Å². The van der Waals surface area contributed by atoms with E-state index in [0.29, 0.717) is 17.9 Å². The quantitative estimate of drug-likeness (QED) is 0.677. The fraction of sp³-hybridized carbons (Fsp3) is 0.267. The summed E-state index contributed by atoms with van der Waals surface area (Å²) in [4.78, 5) is 29.7. The summed E-state index contributed by atoms with van der Waals surface area (Å²) >= 11 is 0. The molecule has 2 rings (SSSR count). The van der Waals surface area contributed by atoms with Crippen LogP contribution >= 0.6 is 0 Å². The third-order valence-corrected chi connectivity index (χ3v) is 3.14. The molecule has 2 aromatic rings. The molecule has 110 valence electrons. The van der Waals surface area contributed by atoms with Gasteiger partial charge >= 0.3 is 0 Å². The summed E-state index contributed by atoms with van der Waals surface area (Å²) in [5.74, 6) is -0.0339. The van der Waals surface area contributed by atoms with E-state index in [1.54, 1.807) is 24.5 Å². The number of rotatable bonds is 7. The number of aromatic amines is 1. The lowest BCUT2D eigenvalue weighted by molar-refractivity contribution is -0.116. The number of aryl methyl sites for hydroxylation is 1. The van der Waals surface area contributed by atoms with E-state index >= 15 is 0 Å². The maximum atomic E-state index is 11.7. The molecule has 0 aliphatic heterocycles. The van der Waals surface area contributed by atoms with E-state index in [-0.39, 0.29) is 5.91 Å². The van der Waals surface area contributed by atoms with Gasteiger partial charge in [-0.25, -0.2) is 4.98 Å². The molecule has 0 aliphatic rings. The number of hydrogen-bond donors (Lipinski definition) is 3. The van der Waals surface area contributed by atoms with Crippen molar-refractivity contribution in [2.24, 2.45) is 5.73 Å². The first-order valence-electron chi connectivity index (χ1n) is 6.84. The Kier molecular flexibility index (Phi) is 5.09. The van der Waals surface area contributed by atoms with Crippen LogP contribution in [0.4, 0.5) is 5.95 Å². The van der Waals surface area contributed by atoms with E-state index in [2.05, 4.69) is 15.3 Å². The van der Waals surface area contributed by atoms with Gasteiger partial charge in [-0.05, 0) is 30.9 Å². The van der Waals surface area contributed by atoms with Gasteiger partial charge in [-0.3, -0.25) is 14.9 Å². The second-order valence-electron chi connectivity index (χ2n) is 4.71. The molecule has 0 saturated carbocycles. The van der Waals surface area contributed by atoms with Gasteiger partial charge in [0.1, 0.15) is 0 Å². The molecule has 4 N–H and O–H groups in total. The number of carbonyl (C=O) groups is 2. The Labute approximate surface area is 122 Å². The van der Waals surface area contributed by atoms with Gasteiger partial charge in [0.2, 0.25) is 17.8 Å². The van der Waals surface area contributed by atoms with Crippen LogP contribution in [0.3, 0.4) is 0 Å². The number of nitrogens with one attached hydrogen (secondary N) is 2. The van der Waals surface area contributed by atoms with Gasteiger partial charge < -0.3 is 10.7 Å². The Morgan fingerprint density at radius 1 is 1.24 bits per heavy atom. The van der Waals surface area contributed by atoms with Crippen LogP contribution in [0.25, 0.3) is 0 Å². The van der Waals surface area contributed by atoms with E-state index in [9.17, 15) is 9.59 Å². The van der Waals surface area contributed by atoms with E-state index in [1.165, 1.54) is 0 Å². The van der Waals surface area contributed by atoms with Crippen molar-refractivity contribution in [3.05, 3.63) is 47.8 Å². The number of H-pyrrole nitrogens is 1. The van der Waals surface area contributed by atoms with Gasteiger partial charge in [-0.2, -0.15) is 0 Å². The van der Waals surface area contributed by atoms with Gasteiger partial charge in [0.05, 0.1) is 0 Å². The van der Waals surface area contributed by atoms with Gasteiger partial charge in [-0.15, -0.1) is 0 Å². The maximum absolute atomic E-state index is 11.7. The first-order chi connectivity index (χ1) is 10.2. The van der Waals surface area contributed by atoms with E-state index < -0.39 is 5.91 Å². The lowest BCUT2D eigenvalue weighted by Gasteiger charge is -2.06. The Morgan fingerprint density at radius 2 is 2.05 bits per heavy atom. The number of nitrogens with two attached hydrogens (primary N) is 1. The van der Waals surface area contributed by atoms with Crippen LogP contribution in [0.2, 0.25) is 0 Å². The van der Waals surface area contributed by atoms with Crippen LogP contribution in [-0.4, -0.2) is 21.8 Å². The number of unbranched alkanes of at least 4 members (excludes halogenated alkanes) is 1. The Hall–Kier alpha value is -2.63. The summed E-state index contributed by atoms with van der Waals surface area (Å²) in [5.41, 5.74) is 6.81. The number of nitrogens with zero attached hydrogens (tertiary/aromatic N) is 1. The van der Waals surface area contributed by atoms with Gasteiger partial charge in [0, 0.05) is 24.4 Å². The molecule has 0 saturated heterocycles. The molecule has 21 heavy (non-hydrogen) atoms. The summed E-state index contributed by atoms with van der Waals surface area (Å²) in [5, 5.41) is 2.67. The average molecular weight is 286 g/mol. The third-order valence-electron chi connectivity index (χ3n) is 3.14. The first-order valence-corrected chi connectivity index (χ1v) is 6.84. The summed E-state index contributed by atoms with van der Waals surface area (Å²) in [7, 11) is 0. The maximum Gasteiger partial charge on any atom is 0.248 e. The standard InChI is InChI=1S/C15H18N4O2/c16-14(21)12-7-3-1-5-11(12)6-2-4-8-13(20)19-15-17-9-10-18-15/h1,3,5,7,9-10H,2,4,6,8H2,(H2,16,21)(H2,17,18,19,20). The van der Waals surface area contributed by atoms with Crippen molar-refractivity contribution in [1.82, 2.24) is 9.97 Å². The van der Waals surface area contributed by atoms with Crippen molar-refractivity contribution in [1.29, 1.82) is 0 Å². The molecule has 0 radical (unpaired) electrons. The van der Waals surface area contributed by atoms with Crippen molar-refractivity contribution in [3.63, 3.8) is 0 Å². The lowest BCUT2D eigenvalue weighted by Crippen LogP contribution is -2.14. The number of amides is 2. The number of anilines is 1. The van der Waals surface area contributed by atoms with Crippen LogP contribution < -0.4 is 11.1 Å². The van der Waals surface area contributed by atoms with Crippen LogP contribution in [0.15, 0.2) is 36.7 Å². The molecule has 6 nitrogen and oxygen atoms in total. The van der Waals surface area contributed by atoms with Crippen molar-refractivity contribution < 1.29 is 9.59 Å². The molecular formula is C15H18N4O2. The second-order valence-corrected chi connectivity index (χ2v) is 4.71. The molecule has 0 bridgehead atoms. The van der Waals surface area contributed by atoms with Crippen LogP contribution in [-0.2, 0) is 11.2 Å². The summed E-state index contributed by atoms with van der Waals surface area (Å²) in [6, 6.07) is 7.29. The minimum Gasteiger partial charge on any atom is -0.366 e. The average Bonchev–Trinajstić information content (AvgIpc) is 2.96. The Balaban J connectivity index is 1.75. The van der Waals surface area contributed by atoms with E-state index in [4.69, 9.17) is 5.73 Å². The predicted octanol–water partition coefficient (Wildman–Crippen LogP) is 1.86. The van der Waals surface area contributed by atoms with Crippen LogP contribution in [0, 0.1) is 0 Å². The molecule has 1 heterocycles. The number of primary amides is 1. The highest BCUT2D eigenvalue weighted by Crippen LogP contribution is 2.12. The first kappa shape index (κ1) is 14.8. The Bertz CT molecular complexity index is 608. The largest absolute Gasteiger partial charge is 0.366 e. The smallest absolute Gasteiger partial charge is 0.248 e. The van der Waals surface area contributed by atoms with Gasteiger partial charge in [-0.1, -0.05) is 18.2 Å². The zero-order valence-electron chi connectivity index (χ0n) is 11.6. The molecule has 2 amide bonds. The highest BCUT2D eigenvalue weighted by atomic mass is 16.2. The minimum absolute atomic E-state index is 0.0758. The molecular weight excluding hydrogens is 268 g/mol. The highest BCUT2D eigenvalue weighted by Gasteiger charge is 2.08. The fourth-order valence-corrected chi connectivity index (χ4v) is 2.11. The number of aromatic nitrogens is 2. The lowest BCUT2D eigenvalue weighted by atomic mass is 10.0. The summed E-state index contributed by atoms with van der Waals surface area (Å²) in [6.45, 7) is 0. The second kappa shape index (κ2) is 7.23. The molecule has 0 fully saturated rings. The van der Waals surface area contributed by atoms with Crippen LogP contribution in [0.5, 0.6) is 0 Å². The van der Waals surface area contributed by atoms with E-state index in [1.807, 2.05) is 12.1 Å². The molecule has 1 aromatic carbocycles. The highest BCUT2D eigenvalue weighted by molar-refractivity contribution is 5.94. The van der Waals surface area contributed by atoms with Gasteiger partial charge in [0.15, 0.2) is 0 Å². The minimum atomic E-state index is -0.416. The van der Waals surface area contributed by atoms with E-state index in [0.717, 1.165) is 24.8 Å². The fourth-order valence-electron chi connectivity index (χ4n) is 2.11. The van der Waals surface area contributed by atoms with Crippen molar-refractivity contribution in [2.45, 2.75) is 25.7 Å². The summed E-state index contributed by atoms with van der Waals surface area (Å²) in [6.07, 6.45) is 5.93. The Morgan fingerprint density at radius 3 is 2.76 bits per heavy atom. The molecule has 0 unspecified atom stereocenters. The zero-order valence-corrected chi connectivity index (χ0v) is 11.6. The zero-order chi connectivity index (χ0) is 15.1. The normalized spacial score (nSPS) is 10.3. The van der Waals surface area contributed by atoms with Crippen molar-refractivity contribution in [2.75, 3.05) is 5.32 Å². The van der Waals surface area contributed by atoms with Crippen molar-refractivity contribution in [3.8, 4) is 0 Å². The molecule has 1 aromatic heterocycles. The number of hydrogen-bond acceptors (Lipinski definition) is 3. The third kappa shape index (κ3) is 4.45. The molecule has 0 spiro atoms. The summed E-state index contributed by atoms with van der Waals surface area (Å²) < 4.78 is 0. The number of benzene rings is 1. The topological polar surface area (TPSA) is 101 Å². The molecule has 0 aliphatic carbocycles. The van der Waals surface area contributed by atoms with Gasteiger partial charge in [0.25, 0.3) is 0 Å².